The Morgan fingerprint density at radius 3 is 2.39 bits per heavy atom. The van der Waals surface area contributed by atoms with Crippen molar-refractivity contribution in [3.8, 4) is 0 Å². The van der Waals surface area contributed by atoms with Gasteiger partial charge in [-0.2, -0.15) is 0 Å². The van der Waals surface area contributed by atoms with Crippen LogP contribution in [0.25, 0.3) is 20.2 Å². The van der Waals surface area contributed by atoms with E-state index in [1.165, 1.54) is 25.9 Å². The molecule has 0 saturated heterocycles. The molecule has 0 spiro atoms. The Labute approximate surface area is 140 Å². The molecule has 0 aliphatic rings. The topological polar surface area (TPSA) is 15.3 Å². The van der Waals surface area contributed by atoms with E-state index in [1.807, 2.05) is 11.3 Å². The molecule has 4 aromatic rings. The third kappa shape index (κ3) is 2.53. The number of hydrogen-bond acceptors (Lipinski definition) is 3. The first-order valence-electron chi connectivity index (χ1n) is 7.67. The Kier molecular flexibility index (Phi) is 3.43. The summed E-state index contributed by atoms with van der Waals surface area (Å²) in [6, 6.07) is 23.6. The number of rotatable bonds is 3. The van der Waals surface area contributed by atoms with E-state index >= 15 is 0 Å². The van der Waals surface area contributed by atoms with E-state index in [9.17, 15) is 0 Å². The Balaban J connectivity index is 1.79. The monoisotopic (exact) mass is 318 g/mol. The lowest BCUT2D eigenvalue weighted by atomic mass is 10.1. The highest BCUT2D eigenvalue weighted by Crippen LogP contribution is 2.36. The molecule has 3 heteroatoms. The van der Waals surface area contributed by atoms with Crippen molar-refractivity contribution in [2.24, 2.45) is 0 Å². The molecule has 114 valence electrons. The minimum absolute atomic E-state index is 1.12. The van der Waals surface area contributed by atoms with Crippen molar-refractivity contribution in [1.29, 1.82) is 0 Å². The van der Waals surface area contributed by atoms with Crippen LogP contribution in [0.2, 0.25) is 0 Å². The number of para-hydroxylation sites is 2. The molecule has 4 rings (SSSR count). The molecule has 0 aliphatic heterocycles. The third-order valence-corrected chi connectivity index (χ3v) is 5.19. The second-order valence-corrected chi connectivity index (χ2v) is 6.93. The quantitative estimate of drug-likeness (QED) is 0.508. The molecule has 3 aromatic carbocycles. The Morgan fingerprint density at radius 2 is 1.52 bits per heavy atom. The van der Waals surface area contributed by atoms with E-state index in [2.05, 4.69) is 91.0 Å². The van der Waals surface area contributed by atoms with Crippen LogP contribution in [0, 0.1) is 0 Å². The van der Waals surface area contributed by atoms with Crippen molar-refractivity contribution < 1.29 is 0 Å². The minimum Gasteiger partial charge on any atom is -0.376 e. The van der Waals surface area contributed by atoms with E-state index in [-0.39, 0.29) is 0 Å². The predicted molar refractivity (Wildman–Crippen MR) is 103 cm³/mol. The maximum absolute atomic E-state index is 3.56. The molecule has 1 aromatic heterocycles. The number of anilines is 3. The highest BCUT2D eigenvalue weighted by atomic mass is 32.1. The molecule has 1 N–H and O–H groups in total. The number of fused-ring (bicyclic) bond motifs is 3. The molecular weight excluding hydrogens is 300 g/mol. The van der Waals surface area contributed by atoms with Crippen molar-refractivity contribution in [3.05, 3.63) is 66.7 Å². The summed E-state index contributed by atoms with van der Waals surface area (Å²) in [6.07, 6.45) is 0. The molecule has 2 nitrogen and oxygen atoms in total. The lowest BCUT2D eigenvalue weighted by molar-refractivity contribution is 1.13. The van der Waals surface area contributed by atoms with E-state index < -0.39 is 0 Å². The number of hydrogen-bond donors (Lipinski definition) is 1. The van der Waals surface area contributed by atoms with Gasteiger partial charge in [0.05, 0.1) is 11.4 Å². The van der Waals surface area contributed by atoms with Gasteiger partial charge in [-0.3, -0.25) is 0 Å². The van der Waals surface area contributed by atoms with Gasteiger partial charge in [0.1, 0.15) is 0 Å². The third-order valence-electron chi connectivity index (χ3n) is 4.04. The van der Waals surface area contributed by atoms with Gasteiger partial charge in [0.2, 0.25) is 0 Å². The Bertz CT molecular complexity index is 985. The van der Waals surface area contributed by atoms with Crippen LogP contribution >= 0.6 is 11.3 Å². The maximum Gasteiger partial charge on any atom is 0.0621 e. The van der Waals surface area contributed by atoms with Gasteiger partial charge in [-0.25, -0.2) is 0 Å². The minimum atomic E-state index is 1.12. The summed E-state index contributed by atoms with van der Waals surface area (Å²) in [4.78, 5) is 2.13. The van der Waals surface area contributed by atoms with Gasteiger partial charge in [0.15, 0.2) is 0 Å². The summed E-state index contributed by atoms with van der Waals surface area (Å²) in [6.45, 7) is 0. The average Bonchev–Trinajstić information content (AvgIpc) is 2.93. The smallest absolute Gasteiger partial charge is 0.0621 e. The van der Waals surface area contributed by atoms with Crippen LogP contribution in [-0.2, 0) is 0 Å². The van der Waals surface area contributed by atoms with Crippen molar-refractivity contribution >= 4 is 48.6 Å². The van der Waals surface area contributed by atoms with Crippen molar-refractivity contribution in [2.75, 3.05) is 24.3 Å². The maximum atomic E-state index is 3.56. The highest BCUT2D eigenvalue weighted by Gasteiger charge is 2.07. The molecule has 0 fully saturated rings. The SMILES string of the molecule is CN(C)c1ccccc1Nc1ccc2sc3ccccc3c2c1. The van der Waals surface area contributed by atoms with E-state index in [1.54, 1.807) is 0 Å². The number of benzene rings is 3. The molecule has 1 heterocycles. The first-order chi connectivity index (χ1) is 11.2. The van der Waals surface area contributed by atoms with Gasteiger partial charge in [0, 0.05) is 40.0 Å². The summed E-state index contributed by atoms with van der Waals surface area (Å²) in [5.74, 6) is 0. The van der Waals surface area contributed by atoms with E-state index in [4.69, 9.17) is 0 Å². The zero-order valence-corrected chi connectivity index (χ0v) is 14.0. The molecule has 0 aliphatic carbocycles. The zero-order chi connectivity index (χ0) is 15.8. The molecule has 0 radical (unpaired) electrons. The van der Waals surface area contributed by atoms with Crippen LogP contribution in [0.3, 0.4) is 0 Å². The van der Waals surface area contributed by atoms with Crippen LogP contribution in [0.4, 0.5) is 17.1 Å². The highest BCUT2D eigenvalue weighted by molar-refractivity contribution is 7.25. The van der Waals surface area contributed by atoms with Crippen molar-refractivity contribution in [1.82, 2.24) is 0 Å². The van der Waals surface area contributed by atoms with Gasteiger partial charge in [0.25, 0.3) is 0 Å². The van der Waals surface area contributed by atoms with Crippen LogP contribution in [-0.4, -0.2) is 14.1 Å². The standard InChI is InChI=1S/C20H18N2S/c1-22(2)18-9-5-4-8-17(18)21-14-11-12-20-16(13-14)15-7-3-6-10-19(15)23-20/h3-13,21H,1-2H3. The number of nitrogens with one attached hydrogen (secondary N) is 1. The fourth-order valence-corrected chi connectivity index (χ4v) is 4.02. The van der Waals surface area contributed by atoms with Crippen LogP contribution in [0.15, 0.2) is 66.7 Å². The molecule has 0 atom stereocenters. The van der Waals surface area contributed by atoms with Crippen LogP contribution < -0.4 is 10.2 Å². The fourth-order valence-electron chi connectivity index (χ4n) is 2.93. The van der Waals surface area contributed by atoms with Gasteiger partial charge in [-0.05, 0) is 36.4 Å². The second-order valence-electron chi connectivity index (χ2n) is 5.85. The molecule has 0 amide bonds. The first-order valence-corrected chi connectivity index (χ1v) is 8.49. The molecule has 0 unspecified atom stereocenters. The zero-order valence-electron chi connectivity index (χ0n) is 13.2. The van der Waals surface area contributed by atoms with E-state index in [0.717, 1.165) is 11.4 Å². The molecule has 23 heavy (non-hydrogen) atoms. The number of thiophene rings is 1. The molecule has 0 saturated carbocycles. The first kappa shape index (κ1) is 14.1. The summed E-state index contributed by atoms with van der Waals surface area (Å²) < 4.78 is 2.67. The molecule has 0 bridgehead atoms. The Morgan fingerprint density at radius 1 is 0.783 bits per heavy atom. The van der Waals surface area contributed by atoms with E-state index in [0.29, 0.717) is 0 Å². The summed E-state index contributed by atoms with van der Waals surface area (Å²) in [5, 5.41) is 6.21. The van der Waals surface area contributed by atoms with Crippen molar-refractivity contribution in [2.45, 2.75) is 0 Å². The second kappa shape index (κ2) is 5.60. The average molecular weight is 318 g/mol. The van der Waals surface area contributed by atoms with Crippen LogP contribution in [0.5, 0.6) is 0 Å². The summed E-state index contributed by atoms with van der Waals surface area (Å²) in [7, 11) is 4.13. The van der Waals surface area contributed by atoms with Gasteiger partial charge in [-0.15, -0.1) is 11.3 Å². The van der Waals surface area contributed by atoms with Gasteiger partial charge >= 0.3 is 0 Å². The molecular formula is C20H18N2S. The normalized spacial score (nSPS) is 11.0. The lowest BCUT2D eigenvalue weighted by Crippen LogP contribution is -2.10. The van der Waals surface area contributed by atoms with Crippen molar-refractivity contribution in [3.63, 3.8) is 0 Å². The number of nitrogens with zero attached hydrogens (tertiary/aromatic N) is 1. The predicted octanol–water partition coefficient (Wildman–Crippen LogP) is 5.86. The Hall–Kier alpha value is -2.52. The fraction of sp³-hybridized carbons (Fsp3) is 0.100. The van der Waals surface area contributed by atoms with Gasteiger partial charge < -0.3 is 10.2 Å². The summed E-state index contributed by atoms with van der Waals surface area (Å²) >= 11 is 1.85. The largest absolute Gasteiger partial charge is 0.376 e. The van der Waals surface area contributed by atoms with Crippen LogP contribution in [0.1, 0.15) is 0 Å². The lowest BCUT2D eigenvalue weighted by Gasteiger charge is -2.18. The summed E-state index contributed by atoms with van der Waals surface area (Å²) in [5.41, 5.74) is 3.43. The van der Waals surface area contributed by atoms with Gasteiger partial charge in [-0.1, -0.05) is 30.3 Å².